The van der Waals surface area contributed by atoms with Gasteiger partial charge in [-0.3, -0.25) is 9.13 Å². The molecule has 0 fully saturated rings. The number of hydrogen-bond acceptors (Lipinski definition) is 6. The Morgan fingerprint density at radius 1 is 1.00 bits per heavy atom. The smallest absolute Gasteiger partial charge is 0.753 e. The predicted molar refractivity (Wildman–Crippen MR) is 40.7 cm³/mol. The van der Waals surface area contributed by atoms with Crippen LogP contribution in [0.25, 0.3) is 0 Å². The van der Waals surface area contributed by atoms with Gasteiger partial charge in [0, 0.05) is 0 Å². The first kappa shape index (κ1) is 21.0. The molecule has 2 atom stereocenters. The third-order valence-corrected chi connectivity index (χ3v) is 1.70. The first-order valence-corrected chi connectivity index (χ1v) is 6.29. The van der Waals surface area contributed by atoms with Gasteiger partial charge in [0.05, 0.1) is 13.2 Å². The minimum absolute atomic E-state index is 0. The molecule has 11 heteroatoms. The zero-order valence-corrected chi connectivity index (χ0v) is 10.5. The summed E-state index contributed by atoms with van der Waals surface area (Å²) >= 11 is 0. The third kappa shape index (κ3) is 31.3. The predicted octanol–water partition coefficient (Wildman–Crippen LogP) is 0.919. The monoisotopic (exact) mass is 317 g/mol. The second kappa shape index (κ2) is 9.87. The molecule has 0 aromatic carbocycles. The topological polar surface area (TPSA) is 98.7 Å². The maximum Gasteiger partial charge on any atom is 2.00 e. The number of hydrogen-bond donors (Lipinski definition) is 0. The third-order valence-electron chi connectivity index (χ3n) is 0.567. The standard InChI is InChI=1S/2C2H6FO3P.Cu/c2*1-2-6-7(3,4)5;/h2*2H2,1H3,(H,4,5);/q;;+2/p-2. The minimum Gasteiger partial charge on any atom is -0.753 e. The summed E-state index contributed by atoms with van der Waals surface area (Å²) in [4.78, 5) is 18.7. The van der Waals surface area contributed by atoms with Crippen LogP contribution < -0.4 is 9.79 Å². The Kier molecular flexibility index (Phi) is 13.8. The number of rotatable bonds is 4. The zero-order valence-electron chi connectivity index (χ0n) is 7.82. The first-order valence-electron chi connectivity index (χ1n) is 3.43. The largest absolute Gasteiger partial charge is 2.00 e. The van der Waals surface area contributed by atoms with Crippen LogP contribution in [-0.2, 0) is 35.2 Å². The van der Waals surface area contributed by atoms with E-state index in [-0.39, 0.29) is 30.3 Å². The van der Waals surface area contributed by atoms with Crippen LogP contribution >= 0.6 is 15.8 Å². The second-order valence-electron chi connectivity index (χ2n) is 1.70. The molecule has 97 valence electrons. The molecule has 0 aromatic heterocycles. The van der Waals surface area contributed by atoms with Crippen LogP contribution in [-0.4, -0.2) is 13.2 Å². The summed E-state index contributed by atoms with van der Waals surface area (Å²) in [6.45, 7) is 2.50. The van der Waals surface area contributed by atoms with Gasteiger partial charge in [0.1, 0.15) is 0 Å². The average molecular weight is 318 g/mol. The van der Waals surface area contributed by atoms with Gasteiger partial charge in [-0.2, -0.15) is 8.39 Å². The van der Waals surface area contributed by atoms with E-state index in [2.05, 4.69) is 9.05 Å². The van der Waals surface area contributed by atoms with Crippen molar-refractivity contribution in [3.05, 3.63) is 0 Å². The summed E-state index contributed by atoms with van der Waals surface area (Å²) in [6, 6.07) is 0. The van der Waals surface area contributed by atoms with Crippen LogP contribution in [0.1, 0.15) is 13.8 Å². The Hall–Kier alpha value is 0.679. The number of halogens is 2. The molecule has 0 saturated heterocycles. The molecule has 6 nitrogen and oxygen atoms in total. The quantitative estimate of drug-likeness (QED) is 0.565. The van der Waals surface area contributed by atoms with Crippen molar-refractivity contribution in [2.75, 3.05) is 13.2 Å². The molecule has 0 saturated carbocycles. The maximum atomic E-state index is 11.2. The Bertz CT molecular complexity index is 203. The Morgan fingerprint density at radius 2 is 1.20 bits per heavy atom. The summed E-state index contributed by atoms with van der Waals surface area (Å²) in [5, 5.41) is 0. The summed E-state index contributed by atoms with van der Waals surface area (Å²) < 4.78 is 48.2. The second-order valence-corrected chi connectivity index (χ2v) is 3.94. The van der Waals surface area contributed by atoms with E-state index in [9.17, 15) is 27.3 Å². The van der Waals surface area contributed by atoms with E-state index < -0.39 is 15.8 Å². The van der Waals surface area contributed by atoms with Gasteiger partial charge < -0.3 is 18.8 Å². The van der Waals surface area contributed by atoms with Gasteiger partial charge in [0.15, 0.2) is 0 Å². The van der Waals surface area contributed by atoms with Crippen molar-refractivity contribution < 1.29 is 53.4 Å². The van der Waals surface area contributed by atoms with Crippen molar-refractivity contribution in [1.82, 2.24) is 0 Å². The van der Waals surface area contributed by atoms with E-state index in [0.29, 0.717) is 0 Å². The van der Waals surface area contributed by atoms with Crippen molar-refractivity contribution in [3.8, 4) is 0 Å². The minimum atomic E-state index is -4.92. The van der Waals surface area contributed by atoms with Crippen molar-refractivity contribution in [1.29, 1.82) is 0 Å². The van der Waals surface area contributed by atoms with Crippen molar-refractivity contribution in [2.24, 2.45) is 0 Å². The van der Waals surface area contributed by atoms with Gasteiger partial charge in [-0.25, -0.2) is 0 Å². The van der Waals surface area contributed by atoms with Gasteiger partial charge >= 0.3 is 32.9 Å². The maximum absolute atomic E-state index is 11.2. The summed E-state index contributed by atoms with van der Waals surface area (Å²) in [7, 11) is -9.83. The van der Waals surface area contributed by atoms with Crippen molar-refractivity contribution >= 4 is 15.8 Å². The average Bonchev–Trinajstić information content (AvgIpc) is 1.81. The molecule has 2 unspecified atom stereocenters. The molecule has 0 N–H and O–H groups in total. The summed E-state index contributed by atoms with van der Waals surface area (Å²) in [6.07, 6.45) is 0. The van der Waals surface area contributed by atoms with E-state index in [1.54, 1.807) is 0 Å². The Labute approximate surface area is 96.8 Å². The molecule has 15 heavy (non-hydrogen) atoms. The van der Waals surface area contributed by atoms with Crippen LogP contribution in [0.3, 0.4) is 0 Å². The van der Waals surface area contributed by atoms with E-state index in [1.165, 1.54) is 13.8 Å². The molecular formula is C4H10CuF2O6P2. The molecular weight excluding hydrogens is 308 g/mol. The van der Waals surface area contributed by atoms with Crippen LogP contribution in [0, 0.1) is 0 Å². The van der Waals surface area contributed by atoms with Crippen LogP contribution in [0.5, 0.6) is 0 Å². The van der Waals surface area contributed by atoms with Gasteiger partial charge in [0.25, 0.3) is 0 Å². The van der Waals surface area contributed by atoms with E-state index in [0.717, 1.165) is 0 Å². The van der Waals surface area contributed by atoms with E-state index >= 15 is 0 Å². The van der Waals surface area contributed by atoms with Crippen molar-refractivity contribution in [3.63, 3.8) is 0 Å². The van der Waals surface area contributed by atoms with Gasteiger partial charge in [-0.15, -0.1) is 0 Å². The fourth-order valence-corrected chi connectivity index (χ4v) is 0.925. The molecule has 0 rings (SSSR count). The van der Waals surface area contributed by atoms with Gasteiger partial charge in [0.2, 0.25) is 0 Å². The zero-order chi connectivity index (χ0) is 11.8. The van der Waals surface area contributed by atoms with Gasteiger partial charge in [-0.05, 0) is 13.8 Å². The molecule has 0 aromatic rings. The summed E-state index contributed by atoms with van der Waals surface area (Å²) in [5.74, 6) is 0. The molecule has 0 spiro atoms. The van der Waals surface area contributed by atoms with Crippen molar-refractivity contribution in [2.45, 2.75) is 13.8 Å². The van der Waals surface area contributed by atoms with Crippen LogP contribution in [0.2, 0.25) is 0 Å². The SMILES string of the molecule is CCOP(=O)([O-])F.CCOP(=O)([O-])F.[Cu+2]. The first-order chi connectivity index (χ1) is 6.12. The van der Waals surface area contributed by atoms with Crippen LogP contribution in [0.4, 0.5) is 8.39 Å². The van der Waals surface area contributed by atoms with Gasteiger partial charge in [-0.1, -0.05) is 0 Å². The molecule has 0 heterocycles. The normalized spacial score (nSPS) is 17.5. The fourth-order valence-electron chi connectivity index (χ4n) is 0.308. The Morgan fingerprint density at radius 3 is 1.20 bits per heavy atom. The van der Waals surface area contributed by atoms with E-state index in [1.807, 2.05) is 0 Å². The van der Waals surface area contributed by atoms with E-state index in [4.69, 9.17) is 0 Å². The summed E-state index contributed by atoms with van der Waals surface area (Å²) in [5.41, 5.74) is 0. The Balaban J connectivity index is -0.000000180. The fraction of sp³-hybridized carbons (Fsp3) is 1.00. The molecule has 0 amide bonds. The molecule has 0 aliphatic heterocycles. The molecule has 1 radical (unpaired) electrons. The van der Waals surface area contributed by atoms with Crippen LogP contribution in [0.15, 0.2) is 0 Å². The molecule has 0 bridgehead atoms. The molecule has 0 aliphatic carbocycles. The molecule has 0 aliphatic rings.